The first kappa shape index (κ1) is 59.9. The van der Waals surface area contributed by atoms with Gasteiger partial charge in [-0.15, -0.1) is 0 Å². The molecule has 0 aromatic carbocycles. The second-order valence-corrected chi connectivity index (χ2v) is 19.0. The number of aliphatic hydroxyl groups excluding tert-OH is 8. The van der Waals surface area contributed by atoms with E-state index in [1.807, 2.05) is 13.0 Å². The highest BCUT2D eigenvalue weighted by Gasteiger charge is 2.51. The van der Waals surface area contributed by atoms with Crippen molar-refractivity contribution >= 4 is 5.91 Å². The molecule has 0 aromatic heterocycles. The van der Waals surface area contributed by atoms with Gasteiger partial charge in [0.15, 0.2) is 12.6 Å². The van der Waals surface area contributed by atoms with E-state index in [0.29, 0.717) is 6.42 Å². The van der Waals surface area contributed by atoms with Gasteiger partial charge in [0, 0.05) is 6.42 Å². The van der Waals surface area contributed by atoms with Crippen molar-refractivity contribution in [2.75, 3.05) is 19.8 Å². The van der Waals surface area contributed by atoms with E-state index < -0.39 is 86.8 Å². The molecule has 0 aliphatic carbocycles. The van der Waals surface area contributed by atoms with Gasteiger partial charge in [-0.3, -0.25) is 4.79 Å². The van der Waals surface area contributed by atoms with E-state index >= 15 is 0 Å². The molecule has 2 fully saturated rings. The molecule has 2 saturated heterocycles. The van der Waals surface area contributed by atoms with Crippen LogP contribution in [0.15, 0.2) is 12.2 Å². The van der Waals surface area contributed by atoms with Crippen LogP contribution in [-0.2, 0) is 23.7 Å². The summed E-state index contributed by atoms with van der Waals surface area (Å²) in [5, 5.41) is 85.8. The predicted molar refractivity (Wildman–Crippen MR) is 254 cm³/mol. The molecule has 0 radical (unpaired) electrons. The molecule has 0 bridgehead atoms. The number of carbonyl (C=O) groups is 1. The van der Waals surface area contributed by atoms with Crippen molar-refractivity contribution < 1.29 is 64.6 Å². The van der Waals surface area contributed by atoms with Crippen molar-refractivity contribution in [3.8, 4) is 0 Å². The molecular weight excluding hydrogens is 835 g/mol. The second-order valence-electron chi connectivity index (χ2n) is 19.0. The standard InChI is InChI=1S/C51H97NO13/c1-3-5-7-8-9-10-11-12-13-14-15-16-17-18-19-20-21-22-23-24-25-26-27-28-29-30-31-33-35-43(56)52-39(40(55)34-32-6-4-2)38-62-50-48(61)46(59)49(42(37-54)64-50)65-51-47(60)45(58)44(57)41(36-53)63-51/h32,34,39-42,44-51,53-55,57-61H,3-31,33,35-38H2,1-2H3,(H,52,56)/b34-32+. The number of hydrogen-bond acceptors (Lipinski definition) is 13. The van der Waals surface area contributed by atoms with Gasteiger partial charge in [-0.2, -0.15) is 0 Å². The summed E-state index contributed by atoms with van der Waals surface area (Å²) >= 11 is 0. The third-order valence-corrected chi connectivity index (χ3v) is 13.2. The molecule has 2 heterocycles. The fraction of sp³-hybridized carbons (Fsp3) is 0.941. The van der Waals surface area contributed by atoms with Gasteiger partial charge in [0.2, 0.25) is 5.91 Å². The van der Waals surface area contributed by atoms with E-state index in [4.69, 9.17) is 18.9 Å². The minimum absolute atomic E-state index is 0.247. The van der Waals surface area contributed by atoms with Crippen LogP contribution >= 0.6 is 0 Å². The summed E-state index contributed by atoms with van der Waals surface area (Å²) in [5.74, 6) is -0.247. The summed E-state index contributed by atoms with van der Waals surface area (Å²) < 4.78 is 22.5. The van der Waals surface area contributed by atoms with Crippen molar-refractivity contribution in [2.45, 2.75) is 286 Å². The molecule has 14 heteroatoms. The van der Waals surface area contributed by atoms with Crippen LogP contribution in [0.4, 0.5) is 0 Å². The Kier molecular flexibility index (Phi) is 35.5. The molecule has 9 N–H and O–H groups in total. The van der Waals surface area contributed by atoms with Gasteiger partial charge in [-0.1, -0.05) is 206 Å². The monoisotopic (exact) mass is 932 g/mol. The van der Waals surface area contributed by atoms with Crippen LogP contribution in [0.1, 0.15) is 213 Å². The Morgan fingerprint density at radius 3 is 1.38 bits per heavy atom. The highest BCUT2D eigenvalue weighted by molar-refractivity contribution is 5.76. The predicted octanol–water partition coefficient (Wildman–Crippen LogP) is 7.16. The van der Waals surface area contributed by atoms with Crippen molar-refractivity contribution in [1.82, 2.24) is 5.32 Å². The van der Waals surface area contributed by atoms with Gasteiger partial charge in [0.1, 0.15) is 48.8 Å². The maximum Gasteiger partial charge on any atom is 0.220 e. The minimum Gasteiger partial charge on any atom is -0.394 e. The van der Waals surface area contributed by atoms with Crippen molar-refractivity contribution in [3.63, 3.8) is 0 Å². The average Bonchev–Trinajstić information content (AvgIpc) is 3.30. The van der Waals surface area contributed by atoms with Gasteiger partial charge in [-0.05, 0) is 12.8 Å². The molecule has 14 nitrogen and oxygen atoms in total. The lowest BCUT2D eigenvalue weighted by molar-refractivity contribution is -0.359. The number of carbonyl (C=O) groups excluding carboxylic acids is 1. The average molecular weight is 932 g/mol. The lowest BCUT2D eigenvalue weighted by Gasteiger charge is -2.46. The van der Waals surface area contributed by atoms with Crippen LogP contribution in [0.2, 0.25) is 0 Å². The SMILES string of the molecule is CCC/C=C/C(O)C(COC1OC(CO)C(OC2OC(CO)C(O)C(O)C2O)C(O)C1O)NC(=O)CCCCCCCCCCCCCCCCCCCCCCCCCCCCCC. The third-order valence-electron chi connectivity index (χ3n) is 13.2. The van der Waals surface area contributed by atoms with E-state index in [9.17, 15) is 45.6 Å². The molecule has 2 aliphatic heterocycles. The van der Waals surface area contributed by atoms with Gasteiger partial charge < -0.3 is 65.1 Å². The molecule has 2 rings (SSSR count). The zero-order chi connectivity index (χ0) is 47.5. The molecule has 384 valence electrons. The molecule has 1 amide bonds. The van der Waals surface area contributed by atoms with Gasteiger partial charge in [-0.25, -0.2) is 0 Å². The van der Waals surface area contributed by atoms with Crippen LogP contribution < -0.4 is 5.32 Å². The van der Waals surface area contributed by atoms with E-state index in [1.54, 1.807) is 6.08 Å². The summed E-state index contributed by atoms with van der Waals surface area (Å²) in [6.07, 6.45) is 25.4. The zero-order valence-electron chi connectivity index (χ0n) is 40.7. The van der Waals surface area contributed by atoms with Crippen molar-refractivity contribution in [2.24, 2.45) is 0 Å². The molecule has 12 unspecified atom stereocenters. The summed E-state index contributed by atoms with van der Waals surface area (Å²) in [6.45, 7) is 2.57. The van der Waals surface area contributed by atoms with Crippen LogP contribution in [0.25, 0.3) is 0 Å². The Bertz CT molecular complexity index is 1150. The van der Waals surface area contributed by atoms with Gasteiger partial charge in [0.25, 0.3) is 0 Å². The summed E-state index contributed by atoms with van der Waals surface area (Å²) in [5.41, 5.74) is 0. The highest BCUT2D eigenvalue weighted by Crippen LogP contribution is 2.30. The number of amides is 1. The molecule has 65 heavy (non-hydrogen) atoms. The Morgan fingerprint density at radius 1 is 0.538 bits per heavy atom. The van der Waals surface area contributed by atoms with Gasteiger partial charge in [0.05, 0.1) is 32.0 Å². The normalized spacial score (nSPS) is 27.0. The molecule has 0 aromatic rings. The lowest BCUT2D eigenvalue weighted by atomic mass is 9.97. The Morgan fingerprint density at radius 2 is 0.954 bits per heavy atom. The Hall–Kier alpha value is -1.27. The zero-order valence-corrected chi connectivity index (χ0v) is 40.7. The summed E-state index contributed by atoms with van der Waals surface area (Å²) in [6, 6.07) is -0.905. The Labute approximate surface area is 393 Å². The first-order valence-electron chi connectivity index (χ1n) is 26.4. The van der Waals surface area contributed by atoms with Crippen molar-refractivity contribution in [3.05, 3.63) is 12.2 Å². The van der Waals surface area contributed by atoms with Crippen LogP contribution in [-0.4, -0.2) is 140 Å². The third kappa shape index (κ3) is 25.8. The van der Waals surface area contributed by atoms with E-state index in [0.717, 1.165) is 32.1 Å². The Balaban J connectivity index is 1.55. The number of ether oxygens (including phenoxy) is 4. The first-order valence-corrected chi connectivity index (χ1v) is 26.4. The van der Waals surface area contributed by atoms with E-state index in [-0.39, 0.29) is 18.9 Å². The lowest BCUT2D eigenvalue weighted by Crippen LogP contribution is -2.65. The van der Waals surface area contributed by atoms with E-state index in [2.05, 4.69) is 12.2 Å². The molecule has 2 aliphatic rings. The topological polar surface area (TPSA) is 228 Å². The molecule has 12 atom stereocenters. The quantitative estimate of drug-likeness (QED) is 0.0219. The molecule has 0 saturated carbocycles. The number of nitrogens with one attached hydrogen (secondary N) is 1. The number of aliphatic hydroxyl groups is 8. The maximum atomic E-state index is 13.0. The highest BCUT2D eigenvalue weighted by atomic mass is 16.7. The van der Waals surface area contributed by atoms with E-state index in [1.165, 1.54) is 154 Å². The summed E-state index contributed by atoms with van der Waals surface area (Å²) in [7, 11) is 0. The fourth-order valence-electron chi connectivity index (χ4n) is 8.89. The van der Waals surface area contributed by atoms with Crippen LogP contribution in [0.5, 0.6) is 0 Å². The number of hydrogen-bond donors (Lipinski definition) is 9. The molecule has 0 spiro atoms. The largest absolute Gasteiger partial charge is 0.394 e. The smallest absolute Gasteiger partial charge is 0.220 e. The van der Waals surface area contributed by atoms with Crippen LogP contribution in [0, 0.1) is 0 Å². The fourth-order valence-corrected chi connectivity index (χ4v) is 8.89. The number of unbranched alkanes of at least 4 members (excludes halogenated alkanes) is 28. The minimum atomic E-state index is -1.78. The van der Waals surface area contributed by atoms with Crippen LogP contribution in [0.3, 0.4) is 0 Å². The second kappa shape index (κ2) is 38.6. The summed E-state index contributed by atoms with van der Waals surface area (Å²) in [4.78, 5) is 13.0. The number of rotatable bonds is 41. The van der Waals surface area contributed by atoms with Gasteiger partial charge >= 0.3 is 0 Å². The number of allylic oxidation sites excluding steroid dienone is 1. The molecular formula is C51H97NO13. The maximum absolute atomic E-state index is 13.0. The first-order chi connectivity index (χ1) is 31.6. The van der Waals surface area contributed by atoms with Crippen molar-refractivity contribution in [1.29, 1.82) is 0 Å².